The lowest BCUT2D eigenvalue weighted by Gasteiger charge is -2.22. The second-order valence-corrected chi connectivity index (χ2v) is 7.43. The molecule has 2 N–H and O–H groups in total. The maximum absolute atomic E-state index is 5.84. The van der Waals surface area contributed by atoms with Crippen molar-refractivity contribution in [3.63, 3.8) is 0 Å². The van der Waals surface area contributed by atoms with E-state index >= 15 is 0 Å². The van der Waals surface area contributed by atoms with E-state index in [1.807, 2.05) is 6.07 Å². The van der Waals surface area contributed by atoms with E-state index in [1.165, 1.54) is 5.56 Å². The molecular weight excluding hydrogens is 292 g/mol. The first kappa shape index (κ1) is 20.0. The van der Waals surface area contributed by atoms with E-state index < -0.39 is 0 Å². The molecule has 0 fully saturated rings. The number of rotatable bonds is 3. The standard InChI is InChI=1S/C15H16N2.C7H16/c1-3-11-5-7-12(8-6-11)14-9-10-17-15(16)13(14)4-2;1-6(2)7(3,4)5/h4-10H,2-3H2,1H3,(H2,16,17);6H,1-5H3. The largest absolute Gasteiger partial charge is 0.383 e. The molecule has 1 heterocycles. The van der Waals surface area contributed by atoms with Crippen LogP contribution in [0.25, 0.3) is 17.2 Å². The molecule has 1 aromatic heterocycles. The van der Waals surface area contributed by atoms with Crippen LogP contribution in [0, 0.1) is 11.3 Å². The summed E-state index contributed by atoms with van der Waals surface area (Å²) in [6, 6.07) is 10.5. The van der Waals surface area contributed by atoms with Crippen molar-refractivity contribution in [1.29, 1.82) is 0 Å². The van der Waals surface area contributed by atoms with Crippen molar-refractivity contribution in [1.82, 2.24) is 4.98 Å². The first-order valence-electron chi connectivity index (χ1n) is 8.66. The number of benzene rings is 1. The summed E-state index contributed by atoms with van der Waals surface area (Å²) < 4.78 is 0. The molecule has 0 atom stereocenters. The van der Waals surface area contributed by atoms with Crippen LogP contribution in [0.2, 0.25) is 0 Å². The van der Waals surface area contributed by atoms with Crippen LogP contribution in [0.1, 0.15) is 52.7 Å². The van der Waals surface area contributed by atoms with E-state index in [9.17, 15) is 0 Å². The zero-order valence-corrected chi connectivity index (χ0v) is 16.1. The highest BCUT2D eigenvalue weighted by molar-refractivity contribution is 5.79. The van der Waals surface area contributed by atoms with Gasteiger partial charge in [-0.1, -0.05) is 78.5 Å². The number of pyridine rings is 1. The summed E-state index contributed by atoms with van der Waals surface area (Å²) in [7, 11) is 0. The maximum atomic E-state index is 5.84. The lowest BCUT2D eigenvalue weighted by Crippen LogP contribution is -2.12. The van der Waals surface area contributed by atoms with Gasteiger partial charge in [-0.15, -0.1) is 0 Å². The van der Waals surface area contributed by atoms with E-state index in [-0.39, 0.29) is 0 Å². The molecule has 0 amide bonds. The Morgan fingerprint density at radius 2 is 1.67 bits per heavy atom. The van der Waals surface area contributed by atoms with Gasteiger partial charge in [0.05, 0.1) is 0 Å². The molecule has 0 bridgehead atoms. The molecule has 130 valence electrons. The minimum atomic E-state index is 0.500. The Bertz CT molecular complexity index is 647. The number of aromatic nitrogens is 1. The Labute approximate surface area is 147 Å². The number of hydrogen-bond donors (Lipinski definition) is 1. The smallest absolute Gasteiger partial charge is 0.131 e. The van der Waals surface area contributed by atoms with Crippen molar-refractivity contribution < 1.29 is 0 Å². The highest BCUT2D eigenvalue weighted by Crippen LogP contribution is 2.27. The zero-order valence-electron chi connectivity index (χ0n) is 16.1. The molecule has 0 aliphatic rings. The lowest BCUT2D eigenvalue weighted by atomic mass is 9.84. The van der Waals surface area contributed by atoms with E-state index in [2.05, 4.69) is 77.4 Å². The Hall–Kier alpha value is -2.09. The fourth-order valence-corrected chi connectivity index (χ4v) is 1.88. The molecule has 0 spiro atoms. The van der Waals surface area contributed by atoms with Crippen LogP contribution in [0.4, 0.5) is 5.82 Å². The van der Waals surface area contributed by atoms with E-state index in [0.717, 1.165) is 29.0 Å². The Balaban J connectivity index is 0.000000351. The number of hydrogen-bond acceptors (Lipinski definition) is 2. The number of aryl methyl sites for hydroxylation is 1. The zero-order chi connectivity index (χ0) is 18.3. The third-order valence-corrected chi connectivity index (χ3v) is 4.63. The van der Waals surface area contributed by atoms with Crippen molar-refractivity contribution >= 4 is 11.9 Å². The molecule has 2 heteroatoms. The first-order valence-corrected chi connectivity index (χ1v) is 8.66. The van der Waals surface area contributed by atoms with Crippen molar-refractivity contribution in [2.24, 2.45) is 11.3 Å². The Kier molecular flexibility index (Phi) is 7.21. The summed E-state index contributed by atoms with van der Waals surface area (Å²) >= 11 is 0. The average molecular weight is 325 g/mol. The van der Waals surface area contributed by atoms with Crippen molar-refractivity contribution in [3.8, 4) is 11.1 Å². The second kappa shape index (κ2) is 8.68. The SMILES string of the molecule is C=Cc1c(-c2ccc(CC)cc2)ccnc1N.CC(C)C(C)(C)C. The van der Waals surface area contributed by atoms with Gasteiger partial charge >= 0.3 is 0 Å². The molecule has 2 aromatic rings. The third-order valence-electron chi connectivity index (χ3n) is 4.63. The van der Waals surface area contributed by atoms with Gasteiger partial charge in [0.15, 0.2) is 0 Å². The quantitative estimate of drug-likeness (QED) is 0.727. The molecule has 0 unspecified atom stereocenters. The summed E-state index contributed by atoms with van der Waals surface area (Å²) in [5.41, 5.74) is 10.8. The highest BCUT2D eigenvalue weighted by atomic mass is 14.8. The maximum Gasteiger partial charge on any atom is 0.131 e. The van der Waals surface area contributed by atoms with Gasteiger partial charge in [0.2, 0.25) is 0 Å². The van der Waals surface area contributed by atoms with E-state index in [0.29, 0.717) is 11.2 Å². The number of nitrogen functional groups attached to an aromatic ring is 1. The fourth-order valence-electron chi connectivity index (χ4n) is 1.88. The minimum Gasteiger partial charge on any atom is -0.383 e. The Morgan fingerprint density at radius 1 is 1.12 bits per heavy atom. The van der Waals surface area contributed by atoms with Crippen molar-refractivity contribution in [3.05, 3.63) is 54.2 Å². The summed E-state index contributed by atoms with van der Waals surface area (Å²) in [5, 5.41) is 0. The van der Waals surface area contributed by atoms with Crippen LogP contribution in [-0.2, 0) is 6.42 Å². The summed E-state index contributed by atoms with van der Waals surface area (Å²) in [6.07, 6.45) is 4.53. The Morgan fingerprint density at radius 3 is 2.08 bits per heavy atom. The molecule has 0 radical (unpaired) electrons. The molecule has 1 aromatic carbocycles. The van der Waals surface area contributed by atoms with Gasteiger partial charge in [-0.25, -0.2) is 4.98 Å². The van der Waals surface area contributed by atoms with Crippen LogP contribution in [-0.4, -0.2) is 4.98 Å². The van der Waals surface area contributed by atoms with E-state index in [4.69, 9.17) is 5.73 Å². The van der Waals surface area contributed by atoms with Gasteiger partial charge < -0.3 is 5.73 Å². The average Bonchev–Trinajstić information content (AvgIpc) is 2.54. The monoisotopic (exact) mass is 324 g/mol. The molecule has 2 rings (SSSR count). The topological polar surface area (TPSA) is 38.9 Å². The molecular formula is C22H32N2. The molecule has 0 saturated heterocycles. The molecule has 0 aliphatic heterocycles. The summed E-state index contributed by atoms with van der Waals surface area (Å²) in [6.45, 7) is 17.2. The van der Waals surface area contributed by atoms with Gasteiger partial charge in [0.1, 0.15) is 5.82 Å². The number of nitrogens with zero attached hydrogens (tertiary/aromatic N) is 1. The van der Waals surface area contributed by atoms with Crippen LogP contribution in [0.5, 0.6) is 0 Å². The van der Waals surface area contributed by atoms with Gasteiger partial charge in [0.25, 0.3) is 0 Å². The molecule has 24 heavy (non-hydrogen) atoms. The predicted octanol–water partition coefficient (Wildman–Crippen LogP) is 6.22. The molecule has 2 nitrogen and oxygen atoms in total. The second-order valence-electron chi connectivity index (χ2n) is 7.43. The summed E-state index contributed by atoms with van der Waals surface area (Å²) in [4.78, 5) is 4.08. The number of nitrogens with two attached hydrogens (primary N) is 1. The van der Waals surface area contributed by atoms with Crippen LogP contribution in [0.15, 0.2) is 43.1 Å². The minimum absolute atomic E-state index is 0.500. The van der Waals surface area contributed by atoms with Crippen LogP contribution in [0.3, 0.4) is 0 Å². The first-order chi connectivity index (χ1) is 11.2. The fraction of sp³-hybridized carbons (Fsp3) is 0.409. The van der Waals surface area contributed by atoms with Crippen molar-refractivity contribution in [2.75, 3.05) is 5.73 Å². The number of anilines is 1. The van der Waals surface area contributed by atoms with Gasteiger partial charge in [-0.2, -0.15) is 0 Å². The summed E-state index contributed by atoms with van der Waals surface area (Å²) in [5.74, 6) is 1.32. The van der Waals surface area contributed by atoms with Crippen LogP contribution < -0.4 is 5.73 Å². The van der Waals surface area contributed by atoms with Crippen LogP contribution >= 0.6 is 0 Å². The van der Waals surface area contributed by atoms with Gasteiger partial charge in [-0.3, -0.25) is 0 Å². The van der Waals surface area contributed by atoms with E-state index in [1.54, 1.807) is 12.3 Å². The van der Waals surface area contributed by atoms with Gasteiger partial charge in [0, 0.05) is 11.8 Å². The third kappa shape index (κ3) is 5.52. The molecule has 0 saturated carbocycles. The molecule has 0 aliphatic carbocycles. The van der Waals surface area contributed by atoms with Crippen molar-refractivity contribution in [2.45, 2.75) is 48.0 Å². The lowest BCUT2D eigenvalue weighted by molar-refractivity contribution is 0.283. The predicted molar refractivity (Wildman–Crippen MR) is 108 cm³/mol. The van der Waals surface area contributed by atoms with Gasteiger partial charge in [-0.05, 0) is 40.5 Å². The highest BCUT2D eigenvalue weighted by Gasteiger charge is 2.13. The normalized spacial score (nSPS) is 11.0.